The van der Waals surface area contributed by atoms with Gasteiger partial charge in [-0.25, -0.2) is 4.79 Å². The van der Waals surface area contributed by atoms with Crippen LogP contribution in [0.5, 0.6) is 5.75 Å². The highest BCUT2D eigenvalue weighted by Gasteiger charge is 2.21. The molecule has 0 spiro atoms. The van der Waals surface area contributed by atoms with Crippen LogP contribution in [0.1, 0.15) is 32.8 Å². The van der Waals surface area contributed by atoms with Crippen molar-refractivity contribution in [3.05, 3.63) is 29.8 Å². The quantitative estimate of drug-likeness (QED) is 0.585. The van der Waals surface area contributed by atoms with E-state index in [-0.39, 0.29) is 24.3 Å². The molecule has 2 atom stereocenters. The summed E-state index contributed by atoms with van der Waals surface area (Å²) >= 11 is 0. The van der Waals surface area contributed by atoms with E-state index in [2.05, 4.69) is 10.6 Å². The molecule has 1 rings (SSSR count). The fourth-order valence-electron chi connectivity index (χ4n) is 2.49. The molecule has 26 heavy (non-hydrogen) atoms. The van der Waals surface area contributed by atoms with E-state index in [9.17, 15) is 14.4 Å². The van der Waals surface area contributed by atoms with Crippen LogP contribution in [0.2, 0.25) is 0 Å². The number of aliphatic carboxylic acids is 1. The predicted octanol–water partition coefficient (Wildman–Crippen LogP) is 1.61. The largest absolute Gasteiger partial charge is 0.497 e. The maximum absolute atomic E-state index is 12.1. The Morgan fingerprint density at radius 2 is 1.73 bits per heavy atom. The highest BCUT2D eigenvalue weighted by atomic mass is 16.5. The van der Waals surface area contributed by atoms with Gasteiger partial charge in [-0.2, -0.15) is 0 Å². The van der Waals surface area contributed by atoms with Crippen LogP contribution in [-0.2, 0) is 20.8 Å². The lowest BCUT2D eigenvalue weighted by atomic mass is 10.0. The fraction of sp³-hybridized carbons (Fsp3) is 0.526. The second kappa shape index (κ2) is 10.4. The van der Waals surface area contributed by atoms with Gasteiger partial charge in [-0.1, -0.05) is 32.9 Å². The van der Waals surface area contributed by atoms with Gasteiger partial charge in [0.2, 0.25) is 11.8 Å². The Balaban J connectivity index is 2.45. The van der Waals surface area contributed by atoms with Crippen LogP contribution in [0.25, 0.3) is 0 Å². The molecule has 0 bridgehead atoms. The van der Waals surface area contributed by atoms with Gasteiger partial charge < -0.3 is 20.5 Å². The molecule has 0 aliphatic carbocycles. The standard InChI is InChI=1S/C19H28N2O5/c1-12(2)9-16(19(24)25)21-17(22)11-20-18(23)13(3)10-14-5-7-15(26-4)8-6-14/h5-8,12-13,16H,9-11H2,1-4H3,(H,20,23)(H,21,22)(H,24,25)/t13?,16-/m0/s1. The lowest BCUT2D eigenvalue weighted by Gasteiger charge is -2.17. The van der Waals surface area contributed by atoms with Crippen LogP contribution in [0.3, 0.4) is 0 Å². The molecule has 7 heteroatoms. The zero-order chi connectivity index (χ0) is 19.7. The number of carbonyl (C=O) groups excluding carboxylic acids is 2. The molecule has 0 saturated carbocycles. The number of methoxy groups -OCH3 is 1. The van der Waals surface area contributed by atoms with Crippen molar-refractivity contribution in [3.8, 4) is 5.75 Å². The highest BCUT2D eigenvalue weighted by molar-refractivity contribution is 5.88. The van der Waals surface area contributed by atoms with Gasteiger partial charge in [-0.15, -0.1) is 0 Å². The number of ether oxygens (including phenoxy) is 1. The number of amides is 2. The van der Waals surface area contributed by atoms with Crippen molar-refractivity contribution < 1.29 is 24.2 Å². The zero-order valence-electron chi connectivity index (χ0n) is 15.7. The molecule has 3 N–H and O–H groups in total. The van der Waals surface area contributed by atoms with E-state index in [1.165, 1.54) is 0 Å². The van der Waals surface area contributed by atoms with Crippen molar-refractivity contribution in [2.45, 2.75) is 39.7 Å². The number of carboxylic acid groups (broad SMARTS) is 1. The molecule has 0 aromatic heterocycles. The summed E-state index contributed by atoms with van der Waals surface area (Å²) in [6.45, 7) is 5.29. The lowest BCUT2D eigenvalue weighted by Crippen LogP contribution is -2.46. The predicted molar refractivity (Wildman–Crippen MR) is 97.9 cm³/mol. The van der Waals surface area contributed by atoms with Gasteiger partial charge in [0.1, 0.15) is 11.8 Å². The van der Waals surface area contributed by atoms with Crippen molar-refractivity contribution >= 4 is 17.8 Å². The lowest BCUT2D eigenvalue weighted by molar-refractivity contribution is -0.142. The van der Waals surface area contributed by atoms with E-state index in [0.29, 0.717) is 12.8 Å². The molecule has 0 heterocycles. The van der Waals surface area contributed by atoms with E-state index >= 15 is 0 Å². The summed E-state index contributed by atoms with van der Waals surface area (Å²) in [6, 6.07) is 6.48. The molecule has 0 aliphatic rings. The van der Waals surface area contributed by atoms with Gasteiger partial charge >= 0.3 is 5.97 Å². The highest BCUT2D eigenvalue weighted by Crippen LogP contribution is 2.14. The average Bonchev–Trinajstić information content (AvgIpc) is 2.59. The smallest absolute Gasteiger partial charge is 0.326 e. The van der Waals surface area contributed by atoms with Crippen LogP contribution in [0.4, 0.5) is 0 Å². The monoisotopic (exact) mass is 364 g/mol. The van der Waals surface area contributed by atoms with E-state index in [1.807, 2.05) is 38.1 Å². The Kier molecular flexibility index (Phi) is 8.61. The minimum absolute atomic E-state index is 0.135. The van der Waals surface area contributed by atoms with Crippen LogP contribution >= 0.6 is 0 Å². The van der Waals surface area contributed by atoms with Gasteiger partial charge in [-0.05, 0) is 36.5 Å². The fourth-order valence-corrected chi connectivity index (χ4v) is 2.49. The molecule has 1 aromatic rings. The molecule has 0 saturated heterocycles. The van der Waals surface area contributed by atoms with E-state index in [1.54, 1.807) is 14.0 Å². The Hall–Kier alpha value is -2.57. The normalized spacial score (nSPS) is 13.0. The van der Waals surface area contributed by atoms with E-state index < -0.39 is 17.9 Å². The van der Waals surface area contributed by atoms with E-state index in [0.717, 1.165) is 11.3 Å². The number of rotatable bonds is 10. The van der Waals surface area contributed by atoms with Crippen molar-refractivity contribution in [1.29, 1.82) is 0 Å². The van der Waals surface area contributed by atoms with Crippen molar-refractivity contribution in [2.24, 2.45) is 11.8 Å². The summed E-state index contributed by atoms with van der Waals surface area (Å²) in [5, 5.41) is 14.1. The van der Waals surface area contributed by atoms with Gasteiger partial charge in [0.05, 0.1) is 13.7 Å². The number of benzene rings is 1. The third kappa shape index (κ3) is 7.55. The Labute approximate surface area is 154 Å². The second-order valence-electron chi connectivity index (χ2n) is 6.76. The summed E-state index contributed by atoms with van der Waals surface area (Å²) < 4.78 is 5.09. The minimum Gasteiger partial charge on any atom is -0.497 e. The first-order valence-electron chi connectivity index (χ1n) is 8.65. The Bertz CT molecular complexity index is 613. The molecule has 1 unspecified atom stereocenters. The summed E-state index contributed by atoms with van der Waals surface area (Å²) in [5.74, 6) is -1.28. The molecule has 0 radical (unpaired) electrons. The number of hydrogen-bond donors (Lipinski definition) is 3. The van der Waals surface area contributed by atoms with Crippen molar-refractivity contribution in [3.63, 3.8) is 0 Å². The first kappa shape index (κ1) is 21.5. The Morgan fingerprint density at radius 1 is 1.12 bits per heavy atom. The third-order valence-electron chi connectivity index (χ3n) is 3.91. The number of carboxylic acids is 1. The van der Waals surface area contributed by atoms with Gasteiger partial charge in [0.15, 0.2) is 0 Å². The van der Waals surface area contributed by atoms with Crippen LogP contribution in [-0.4, -0.2) is 42.6 Å². The summed E-state index contributed by atoms with van der Waals surface area (Å²) in [5.41, 5.74) is 0.987. The molecular weight excluding hydrogens is 336 g/mol. The number of carbonyl (C=O) groups is 3. The molecule has 0 fully saturated rings. The molecule has 7 nitrogen and oxygen atoms in total. The summed E-state index contributed by atoms with van der Waals surface area (Å²) in [7, 11) is 1.59. The number of hydrogen-bond acceptors (Lipinski definition) is 4. The molecule has 144 valence electrons. The first-order valence-corrected chi connectivity index (χ1v) is 8.65. The second-order valence-corrected chi connectivity index (χ2v) is 6.76. The van der Waals surface area contributed by atoms with Gasteiger partial charge in [0, 0.05) is 5.92 Å². The average molecular weight is 364 g/mol. The molecule has 2 amide bonds. The Morgan fingerprint density at radius 3 is 2.23 bits per heavy atom. The molecule has 1 aromatic carbocycles. The first-order chi connectivity index (χ1) is 12.2. The van der Waals surface area contributed by atoms with Gasteiger partial charge in [0.25, 0.3) is 0 Å². The van der Waals surface area contributed by atoms with Crippen LogP contribution < -0.4 is 15.4 Å². The summed E-state index contributed by atoms with van der Waals surface area (Å²) in [6.07, 6.45) is 0.867. The van der Waals surface area contributed by atoms with Gasteiger partial charge in [-0.3, -0.25) is 9.59 Å². The summed E-state index contributed by atoms with van der Waals surface area (Å²) in [4.78, 5) is 35.2. The SMILES string of the molecule is COc1ccc(CC(C)C(=O)NCC(=O)N[C@@H](CC(C)C)C(=O)O)cc1. The minimum atomic E-state index is -1.08. The van der Waals surface area contributed by atoms with E-state index in [4.69, 9.17) is 9.84 Å². The zero-order valence-corrected chi connectivity index (χ0v) is 15.7. The van der Waals surface area contributed by atoms with Crippen molar-refractivity contribution in [1.82, 2.24) is 10.6 Å². The molecular formula is C19H28N2O5. The topological polar surface area (TPSA) is 105 Å². The number of nitrogens with one attached hydrogen (secondary N) is 2. The third-order valence-corrected chi connectivity index (χ3v) is 3.91. The molecule has 0 aliphatic heterocycles. The van der Waals surface area contributed by atoms with Crippen molar-refractivity contribution in [2.75, 3.05) is 13.7 Å². The van der Waals surface area contributed by atoms with Crippen LogP contribution in [0, 0.1) is 11.8 Å². The van der Waals surface area contributed by atoms with Crippen LogP contribution in [0.15, 0.2) is 24.3 Å². The maximum Gasteiger partial charge on any atom is 0.326 e. The maximum atomic E-state index is 12.1.